The molecule has 1 aliphatic heterocycles. The van der Waals surface area contributed by atoms with Gasteiger partial charge in [0.25, 0.3) is 11.8 Å². The predicted octanol–water partition coefficient (Wildman–Crippen LogP) is 3.64. The highest BCUT2D eigenvalue weighted by molar-refractivity contribution is 5.97. The third-order valence-electron chi connectivity index (χ3n) is 6.36. The fourth-order valence-electron chi connectivity index (χ4n) is 3.90. The number of likely N-dealkylation sites (tertiary alicyclic amines) is 1. The molecule has 3 rings (SSSR count). The van der Waals surface area contributed by atoms with Crippen molar-refractivity contribution in [2.45, 2.75) is 45.7 Å². The molecule has 1 aliphatic rings. The summed E-state index contributed by atoms with van der Waals surface area (Å²) in [6.45, 7) is 6.93. The number of halogens is 1. The quantitative estimate of drug-likeness (QED) is 0.672. The SMILES string of the molecule is CC(C)[C@@H](C)NC(=O)[C@H](NC(=O)c1ccccc1)C1CCN(C(=O)c2ccc(F)cc2)CC1. The Bertz CT molecular complexity index is 955. The summed E-state index contributed by atoms with van der Waals surface area (Å²) in [5.41, 5.74) is 0.934. The van der Waals surface area contributed by atoms with Crippen LogP contribution >= 0.6 is 0 Å². The average Bonchev–Trinajstić information content (AvgIpc) is 2.83. The molecule has 0 aromatic heterocycles. The van der Waals surface area contributed by atoms with Crippen molar-refractivity contribution in [3.05, 3.63) is 71.5 Å². The van der Waals surface area contributed by atoms with E-state index in [0.717, 1.165) is 0 Å². The number of hydrogen-bond donors (Lipinski definition) is 2. The summed E-state index contributed by atoms with van der Waals surface area (Å²) in [5.74, 6) is -0.884. The van der Waals surface area contributed by atoms with Crippen LogP contribution in [0.15, 0.2) is 54.6 Å². The molecule has 2 aromatic carbocycles. The zero-order valence-corrected chi connectivity index (χ0v) is 19.4. The van der Waals surface area contributed by atoms with Crippen molar-refractivity contribution in [3.63, 3.8) is 0 Å². The Labute approximate surface area is 194 Å². The van der Waals surface area contributed by atoms with E-state index in [2.05, 4.69) is 10.6 Å². The Kier molecular flexibility index (Phi) is 8.20. The van der Waals surface area contributed by atoms with E-state index >= 15 is 0 Å². The Morgan fingerprint density at radius 3 is 2.06 bits per heavy atom. The van der Waals surface area contributed by atoms with Crippen molar-refractivity contribution in [2.24, 2.45) is 11.8 Å². The van der Waals surface area contributed by atoms with Crippen LogP contribution in [0.1, 0.15) is 54.3 Å². The van der Waals surface area contributed by atoms with Crippen LogP contribution in [0.4, 0.5) is 4.39 Å². The van der Waals surface area contributed by atoms with Crippen LogP contribution in [-0.4, -0.2) is 47.8 Å². The summed E-state index contributed by atoms with van der Waals surface area (Å²) in [5, 5.41) is 5.96. The van der Waals surface area contributed by atoms with Crippen LogP contribution in [-0.2, 0) is 4.79 Å². The molecule has 6 nitrogen and oxygen atoms in total. The first kappa shape index (κ1) is 24.4. The molecule has 1 heterocycles. The number of benzene rings is 2. The molecule has 2 atom stereocenters. The molecule has 0 unspecified atom stereocenters. The predicted molar refractivity (Wildman–Crippen MR) is 125 cm³/mol. The second kappa shape index (κ2) is 11.1. The monoisotopic (exact) mass is 453 g/mol. The summed E-state index contributed by atoms with van der Waals surface area (Å²) in [7, 11) is 0. The molecule has 0 radical (unpaired) electrons. The van der Waals surface area contributed by atoms with E-state index in [1.165, 1.54) is 24.3 Å². The molecule has 2 N–H and O–H groups in total. The summed E-state index contributed by atoms with van der Waals surface area (Å²) >= 11 is 0. The van der Waals surface area contributed by atoms with Gasteiger partial charge in [0.15, 0.2) is 0 Å². The minimum absolute atomic E-state index is 0.0335. The average molecular weight is 454 g/mol. The van der Waals surface area contributed by atoms with Gasteiger partial charge < -0.3 is 15.5 Å². The van der Waals surface area contributed by atoms with Gasteiger partial charge in [-0.1, -0.05) is 32.0 Å². The number of piperidine rings is 1. The second-order valence-corrected chi connectivity index (χ2v) is 8.99. The fraction of sp³-hybridized carbons (Fsp3) is 0.423. The van der Waals surface area contributed by atoms with Crippen molar-refractivity contribution < 1.29 is 18.8 Å². The Morgan fingerprint density at radius 2 is 1.48 bits per heavy atom. The van der Waals surface area contributed by atoms with Crippen LogP contribution in [0.3, 0.4) is 0 Å². The maximum atomic E-state index is 13.2. The van der Waals surface area contributed by atoms with Gasteiger partial charge in [-0.05, 0) is 68.0 Å². The molecule has 0 bridgehead atoms. The van der Waals surface area contributed by atoms with E-state index in [1.807, 2.05) is 26.8 Å². The largest absolute Gasteiger partial charge is 0.352 e. The maximum Gasteiger partial charge on any atom is 0.253 e. The van der Waals surface area contributed by atoms with Gasteiger partial charge in [0.2, 0.25) is 5.91 Å². The molecule has 0 saturated carbocycles. The lowest BCUT2D eigenvalue weighted by molar-refractivity contribution is -0.125. The molecular weight excluding hydrogens is 421 g/mol. The summed E-state index contributed by atoms with van der Waals surface area (Å²) in [6.07, 6.45) is 1.16. The van der Waals surface area contributed by atoms with Crippen LogP contribution < -0.4 is 10.6 Å². The number of nitrogens with zero attached hydrogens (tertiary/aromatic N) is 1. The third kappa shape index (κ3) is 6.40. The lowest BCUT2D eigenvalue weighted by atomic mass is 9.87. The molecule has 0 spiro atoms. The fourth-order valence-corrected chi connectivity index (χ4v) is 3.90. The zero-order chi connectivity index (χ0) is 24.0. The van der Waals surface area contributed by atoms with Gasteiger partial charge >= 0.3 is 0 Å². The highest BCUT2D eigenvalue weighted by atomic mass is 19.1. The second-order valence-electron chi connectivity index (χ2n) is 8.99. The zero-order valence-electron chi connectivity index (χ0n) is 19.4. The molecule has 0 aliphatic carbocycles. The lowest BCUT2D eigenvalue weighted by Crippen LogP contribution is -2.55. The normalized spacial score (nSPS) is 16.2. The third-order valence-corrected chi connectivity index (χ3v) is 6.36. The molecule has 176 valence electrons. The van der Waals surface area contributed by atoms with Gasteiger partial charge in [-0.3, -0.25) is 14.4 Å². The van der Waals surface area contributed by atoms with Crippen molar-refractivity contribution in [2.75, 3.05) is 13.1 Å². The van der Waals surface area contributed by atoms with Gasteiger partial charge in [-0.2, -0.15) is 0 Å². The minimum Gasteiger partial charge on any atom is -0.352 e. The Balaban J connectivity index is 1.69. The van der Waals surface area contributed by atoms with E-state index in [0.29, 0.717) is 37.1 Å². The molecular formula is C26H32FN3O3. The van der Waals surface area contributed by atoms with Crippen LogP contribution in [0.25, 0.3) is 0 Å². The van der Waals surface area contributed by atoms with Gasteiger partial charge in [0.05, 0.1) is 0 Å². The van der Waals surface area contributed by atoms with E-state index in [4.69, 9.17) is 0 Å². The summed E-state index contributed by atoms with van der Waals surface area (Å²) in [6, 6.07) is 13.6. The smallest absolute Gasteiger partial charge is 0.253 e. The van der Waals surface area contributed by atoms with Gasteiger partial charge in [-0.25, -0.2) is 4.39 Å². The highest BCUT2D eigenvalue weighted by Gasteiger charge is 2.34. The molecule has 1 fully saturated rings. The van der Waals surface area contributed by atoms with E-state index < -0.39 is 6.04 Å². The Morgan fingerprint density at radius 1 is 0.879 bits per heavy atom. The minimum atomic E-state index is -0.693. The van der Waals surface area contributed by atoms with Gasteiger partial charge in [0, 0.05) is 30.3 Å². The summed E-state index contributed by atoms with van der Waals surface area (Å²) in [4.78, 5) is 40.4. The lowest BCUT2D eigenvalue weighted by Gasteiger charge is -2.36. The van der Waals surface area contributed by atoms with E-state index in [1.54, 1.807) is 29.2 Å². The molecule has 2 aromatic rings. The first-order valence-corrected chi connectivity index (χ1v) is 11.5. The molecule has 1 saturated heterocycles. The van der Waals surface area contributed by atoms with Crippen molar-refractivity contribution >= 4 is 17.7 Å². The number of hydrogen-bond acceptors (Lipinski definition) is 3. The molecule has 7 heteroatoms. The number of nitrogens with one attached hydrogen (secondary N) is 2. The number of carbonyl (C=O) groups excluding carboxylic acids is 3. The van der Waals surface area contributed by atoms with E-state index in [9.17, 15) is 18.8 Å². The number of carbonyl (C=O) groups is 3. The van der Waals surface area contributed by atoms with Crippen LogP contribution in [0.5, 0.6) is 0 Å². The van der Waals surface area contributed by atoms with Crippen LogP contribution in [0, 0.1) is 17.7 Å². The Hall–Kier alpha value is -3.22. The maximum absolute atomic E-state index is 13.2. The number of rotatable bonds is 7. The summed E-state index contributed by atoms with van der Waals surface area (Å²) < 4.78 is 13.2. The van der Waals surface area contributed by atoms with Crippen molar-refractivity contribution in [3.8, 4) is 0 Å². The highest BCUT2D eigenvalue weighted by Crippen LogP contribution is 2.23. The van der Waals surface area contributed by atoms with Crippen molar-refractivity contribution in [1.82, 2.24) is 15.5 Å². The first-order chi connectivity index (χ1) is 15.8. The molecule has 33 heavy (non-hydrogen) atoms. The van der Waals surface area contributed by atoms with Gasteiger partial charge in [0.1, 0.15) is 11.9 Å². The number of amides is 3. The van der Waals surface area contributed by atoms with Gasteiger partial charge in [-0.15, -0.1) is 0 Å². The first-order valence-electron chi connectivity index (χ1n) is 11.5. The van der Waals surface area contributed by atoms with Crippen LogP contribution in [0.2, 0.25) is 0 Å². The standard InChI is InChI=1S/C26H32FN3O3/c1-17(2)18(3)28-25(32)23(29-24(31)20-7-5-4-6-8-20)19-13-15-30(16-14-19)26(33)21-9-11-22(27)12-10-21/h4-12,17-19,23H,13-16H2,1-3H3,(H,28,32)(H,29,31)/t18-,23-/m1/s1. The molecule has 3 amide bonds. The van der Waals surface area contributed by atoms with E-state index in [-0.39, 0.29) is 41.4 Å². The van der Waals surface area contributed by atoms with Crippen molar-refractivity contribution in [1.29, 1.82) is 0 Å². The topological polar surface area (TPSA) is 78.5 Å².